The summed E-state index contributed by atoms with van der Waals surface area (Å²) in [4.78, 5) is 11.5. The van der Waals surface area contributed by atoms with E-state index in [9.17, 15) is 13.2 Å². The molecular formula is C19H18N4O4S. The number of carbonyl (C=O) groups is 1. The van der Waals surface area contributed by atoms with E-state index in [2.05, 4.69) is 20.2 Å². The summed E-state index contributed by atoms with van der Waals surface area (Å²) in [6.07, 6.45) is 0. The zero-order chi connectivity index (χ0) is 20.1. The van der Waals surface area contributed by atoms with Crippen LogP contribution in [0.4, 0.5) is 17.3 Å². The Kier molecular flexibility index (Phi) is 5.55. The van der Waals surface area contributed by atoms with Crippen LogP contribution in [0.3, 0.4) is 0 Å². The predicted molar refractivity (Wildman–Crippen MR) is 106 cm³/mol. The van der Waals surface area contributed by atoms with E-state index in [0.717, 1.165) is 0 Å². The Morgan fingerprint density at radius 2 is 1.64 bits per heavy atom. The lowest BCUT2D eigenvalue weighted by Gasteiger charge is -2.09. The molecule has 1 heterocycles. The summed E-state index contributed by atoms with van der Waals surface area (Å²) in [6.45, 7) is 1.49. The second kappa shape index (κ2) is 8.05. The highest BCUT2D eigenvalue weighted by Crippen LogP contribution is 2.20. The molecule has 2 N–H and O–H groups in total. The molecule has 0 saturated heterocycles. The third-order valence-electron chi connectivity index (χ3n) is 3.81. The molecule has 0 unspecified atom stereocenters. The molecule has 0 atom stereocenters. The molecular weight excluding hydrogens is 380 g/mol. The average molecular weight is 398 g/mol. The predicted octanol–water partition coefficient (Wildman–Crippen LogP) is 3.23. The largest absolute Gasteiger partial charge is 0.497 e. The number of ether oxygens (including phenoxy) is 1. The van der Waals surface area contributed by atoms with Crippen LogP contribution in [0, 0.1) is 0 Å². The monoisotopic (exact) mass is 398 g/mol. The second-order valence-electron chi connectivity index (χ2n) is 5.85. The molecule has 9 heteroatoms. The van der Waals surface area contributed by atoms with Crippen molar-refractivity contribution in [3.05, 3.63) is 66.2 Å². The third kappa shape index (κ3) is 4.63. The van der Waals surface area contributed by atoms with Gasteiger partial charge in [0.25, 0.3) is 10.0 Å². The number of benzene rings is 2. The molecule has 0 aliphatic heterocycles. The van der Waals surface area contributed by atoms with E-state index in [-0.39, 0.29) is 16.5 Å². The first-order valence-electron chi connectivity index (χ1n) is 8.26. The molecule has 0 saturated carbocycles. The first kappa shape index (κ1) is 19.3. The quantitative estimate of drug-likeness (QED) is 0.588. The van der Waals surface area contributed by atoms with Gasteiger partial charge in [-0.3, -0.25) is 9.52 Å². The Morgan fingerprint density at radius 3 is 2.25 bits per heavy atom. The molecule has 0 aliphatic carbocycles. The van der Waals surface area contributed by atoms with Gasteiger partial charge in [-0.1, -0.05) is 12.1 Å². The summed E-state index contributed by atoms with van der Waals surface area (Å²) in [5.74, 6) is 1.01. The van der Waals surface area contributed by atoms with E-state index in [1.165, 1.54) is 32.2 Å². The van der Waals surface area contributed by atoms with E-state index < -0.39 is 10.0 Å². The van der Waals surface area contributed by atoms with Gasteiger partial charge in [-0.05, 0) is 55.5 Å². The molecule has 28 heavy (non-hydrogen) atoms. The Bertz CT molecular complexity index is 1080. The minimum Gasteiger partial charge on any atom is -0.497 e. The Balaban J connectivity index is 1.71. The van der Waals surface area contributed by atoms with E-state index >= 15 is 0 Å². The van der Waals surface area contributed by atoms with Crippen molar-refractivity contribution in [1.82, 2.24) is 10.2 Å². The molecule has 2 aromatic carbocycles. The standard InChI is InChI=1S/C19H18N4O4S/c1-13(24)14-4-3-5-15(12-14)20-18-10-11-19(22-21-18)23-28(25,26)17-8-6-16(27-2)7-9-17/h3-12H,1-2H3,(H,20,21)(H,22,23). The number of hydrogen-bond donors (Lipinski definition) is 2. The number of ketones is 1. The molecule has 0 fully saturated rings. The number of sulfonamides is 1. The van der Waals surface area contributed by atoms with Crippen LogP contribution in [-0.4, -0.2) is 31.5 Å². The number of nitrogens with one attached hydrogen (secondary N) is 2. The van der Waals surface area contributed by atoms with Crippen molar-refractivity contribution < 1.29 is 17.9 Å². The molecule has 0 bridgehead atoms. The van der Waals surface area contributed by atoms with Crippen molar-refractivity contribution in [2.24, 2.45) is 0 Å². The van der Waals surface area contributed by atoms with Crippen LogP contribution in [0.1, 0.15) is 17.3 Å². The fourth-order valence-corrected chi connectivity index (χ4v) is 3.37. The SMILES string of the molecule is COc1ccc(S(=O)(=O)Nc2ccc(Nc3cccc(C(C)=O)c3)nn2)cc1. The van der Waals surface area contributed by atoms with Crippen LogP contribution in [-0.2, 0) is 10.0 Å². The van der Waals surface area contributed by atoms with Crippen molar-refractivity contribution >= 4 is 33.1 Å². The van der Waals surface area contributed by atoms with Gasteiger partial charge in [-0.25, -0.2) is 8.42 Å². The maximum atomic E-state index is 12.4. The van der Waals surface area contributed by atoms with Crippen molar-refractivity contribution in [1.29, 1.82) is 0 Å². The van der Waals surface area contributed by atoms with Gasteiger partial charge in [0.05, 0.1) is 12.0 Å². The van der Waals surface area contributed by atoms with Gasteiger partial charge < -0.3 is 10.1 Å². The zero-order valence-corrected chi connectivity index (χ0v) is 16.0. The van der Waals surface area contributed by atoms with Gasteiger partial charge in [0.15, 0.2) is 17.4 Å². The van der Waals surface area contributed by atoms with Crippen molar-refractivity contribution in [2.45, 2.75) is 11.8 Å². The van der Waals surface area contributed by atoms with E-state index in [4.69, 9.17) is 4.74 Å². The summed E-state index contributed by atoms with van der Waals surface area (Å²) in [5, 5.41) is 10.9. The number of Topliss-reactive ketones (excluding diaryl/α,β-unsaturated/α-hetero) is 1. The van der Waals surface area contributed by atoms with Gasteiger partial charge in [-0.2, -0.15) is 0 Å². The first-order valence-corrected chi connectivity index (χ1v) is 9.74. The van der Waals surface area contributed by atoms with Gasteiger partial charge in [-0.15, -0.1) is 10.2 Å². The summed E-state index contributed by atoms with van der Waals surface area (Å²) < 4.78 is 32.2. The minimum atomic E-state index is -3.79. The van der Waals surface area contributed by atoms with Gasteiger partial charge in [0, 0.05) is 11.3 Å². The number of methoxy groups -OCH3 is 1. The van der Waals surface area contributed by atoms with Crippen LogP contribution in [0.25, 0.3) is 0 Å². The van der Waals surface area contributed by atoms with Crippen LogP contribution in [0.5, 0.6) is 5.75 Å². The van der Waals surface area contributed by atoms with Gasteiger partial charge >= 0.3 is 0 Å². The lowest BCUT2D eigenvalue weighted by Crippen LogP contribution is -2.14. The number of aromatic nitrogens is 2. The molecule has 8 nitrogen and oxygen atoms in total. The summed E-state index contributed by atoms with van der Waals surface area (Å²) in [6, 6.07) is 16.0. The van der Waals surface area contributed by atoms with Gasteiger partial charge in [0.2, 0.25) is 0 Å². The second-order valence-corrected chi connectivity index (χ2v) is 7.53. The smallest absolute Gasteiger partial charge is 0.263 e. The summed E-state index contributed by atoms with van der Waals surface area (Å²) in [5.41, 5.74) is 1.25. The highest BCUT2D eigenvalue weighted by atomic mass is 32.2. The Morgan fingerprint density at radius 1 is 0.964 bits per heavy atom. The topological polar surface area (TPSA) is 110 Å². The van der Waals surface area contributed by atoms with E-state index in [1.807, 2.05) is 0 Å². The highest BCUT2D eigenvalue weighted by Gasteiger charge is 2.15. The maximum absolute atomic E-state index is 12.4. The Labute approximate surface area is 162 Å². The number of nitrogens with zero attached hydrogens (tertiary/aromatic N) is 2. The zero-order valence-electron chi connectivity index (χ0n) is 15.2. The fraction of sp³-hybridized carbons (Fsp3) is 0.105. The number of hydrogen-bond acceptors (Lipinski definition) is 7. The fourth-order valence-electron chi connectivity index (χ4n) is 2.37. The molecule has 0 aliphatic rings. The molecule has 3 aromatic rings. The van der Waals surface area contributed by atoms with Crippen molar-refractivity contribution in [3.8, 4) is 5.75 Å². The lowest BCUT2D eigenvalue weighted by molar-refractivity contribution is 0.101. The lowest BCUT2D eigenvalue weighted by atomic mass is 10.1. The third-order valence-corrected chi connectivity index (χ3v) is 5.19. The Hall–Kier alpha value is -3.46. The van der Waals surface area contributed by atoms with Crippen LogP contribution in [0.2, 0.25) is 0 Å². The molecule has 3 rings (SSSR count). The van der Waals surface area contributed by atoms with Crippen LogP contribution in [0.15, 0.2) is 65.6 Å². The molecule has 0 radical (unpaired) electrons. The summed E-state index contributed by atoms with van der Waals surface area (Å²) in [7, 11) is -2.29. The van der Waals surface area contributed by atoms with Crippen LogP contribution >= 0.6 is 0 Å². The minimum absolute atomic E-state index is 0.0435. The number of anilines is 3. The molecule has 144 valence electrons. The van der Waals surface area contributed by atoms with Crippen LogP contribution < -0.4 is 14.8 Å². The summed E-state index contributed by atoms with van der Waals surface area (Å²) >= 11 is 0. The van der Waals surface area contributed by atoms with Crippen molar-refractivity contribution in [2.75, 3.05) is 17.1 Å². The van der Waals surface area contributed by atoms with Crippen molar-refractivity contribution in [3.63, 3.8) is 0 Å². The molecule has 1 aromatic heterocycles. The maximum Gasteiger partial charge on any atom is 0.263 e. The molecule has 0 spiro atoms. The molecule has 0 amide bonds. The van der Waals surface area contributed by atoms with Gasteiger partial charge in [0.1, 0.15) is 5.75 Å². The first-order chi connectivity index (χ1) is 13.4. The van der Waals surface area contributed by atoms with E-state index in [0.29, 0.717) is 22.8 Å². The normalized spacial score (nSPS) is 10.9. The number of carbonyl (C=O) groups excluding carboxylic acids is 1. The number of rotatable bonds is 7. The van der Waals surface area contributed by atoms with E-state index in [1.54, 1.807) is 42.5 Å². The average Bonchev–Trinajstić information content (AvgIpc) is 2.69. The highest BCUT2D eigenvalue weighted by molar-refractivity contribution is 7.92.